The van der Waals surface area contributed by atoms with Gasteiger partial charge < -0.3 is 15.5 Å². The first-order chi connectivity index (χ1) is 21.2. The number of carbonyl (C=O) groups is 1. The molecule has 4 N–H and O–H groups in total. The normalized spacial score (nSPS) is 14.2. The topological polar surface area (TPSA) is 124 Å². The van der Waals surface area contributed by atoms with E-state index in [4.69, 9.17) is 0 Å². The van der Waals surface area contributed by atoms with Crippen LogP contribution in [0.15, 0.2) is 12.2 Å². The van der Waals surface area contributed by atoms with Gasteiger partial charge in [0.2, 0.25) is 5.91 Å². The van der Waals surface area contributed by atoms with E-state index in [1.807, 2.05) is 0 Å². The molecule has 0 rings (SSSR count). The van der Waals surface area contributed by atoms with Crippen LogP contribution in [0.2, 0.25) is 0 Å². The average molecular weight is 646 g/mol. The fraction of sp³-hybridized carbons (Fsp3) is 0.917. The molecule has 0 spiro atoms. The molecule has 3 unspecified atom stereocenters. The number of carbonyl (C=O) groups excluding carboxylic acids is 1. The molecule has 0 aliphatic carbocycles. The van der Waals surface area contributed by atoms with Gasteiger partial charge in [-0.05, 0) is 38.5 Å². The molecule has 0 aliphatic rings. The number of nitrogens with one attached hydrogen (secondary N) is 1. The van der Waals surface area contributed by atoms with Crippen LogP contribution in [0.1, 0.15) is 187 Å². The van der Waals surface area contributed by atoms with E-state index >= 15 is 0 Å². The zero-order valence-corrected chi connectivity index (χ0v) is 29.5. The number of aliphatic hydroxyl groups excluding tert-OH is 2. The molecular weight excluding hydrogens is 574 g/mol. The quantitative estimate of drug-likeness (QED) is 0.0320. The van der Waals surface area contributed by atoms with Crippen molar-refractivity contribution in [2.75, 3.05) is 5.75 Å². The summed E-state index contributed by atoms with van der Waals surface area (Å²) in [5.41, 5.74) is 0. The van der Waals surface area contributed by atoms with Crippen molar-refractivity contribution in [1.82, 2.24) is 5.32 Å². The maximum Gasteiger partial charge on any atom is 0.266 e. The Hall–Kier alpha value is -0.960. The minimum atomic E-state index is -4.40. The second-order valence-electron chi connectivity index (χ2n) is 13.0. The SMILES string of the molecule is CCCCCCCCCCC/C=C\CCCCCCCCC(O)C(=O)NC(CS(=O)(=O)O)C(O)CCCCCCCCCC. The second kappa shape index (κ2) is 30.7. The first-order valence-electron chi connectivity index (χ1n) is 18.5. The van der Waals surface area contributed by atoms with Crippen molar-refractivity contribution in [3.63, 3.8) is 0 Å². The van der Waals surface area contributed by atoms with Crippen molar-refractivity contribution >= 4 is 16.0 Å². The van der Waals surface area contributed by atoms with Gasteiger partial charge in [0, 0.05) is 0 Å². The zero-order chi connectivity index (χ0) is 32.7. The van der Waals surface area contributed by atoms with E-state index in [-0.39, 0.29) is 0 Å². The molecular formula is C36H71NO6S. The van der Waals surface area contributed by atoms with Gasteiger partial charge in [0.15, 0.2) is 0 Å². The van der Waals surface area contributed by atoms with E-state index in [2.05, 4.69) is 31.3 Å². The third kappa shape index (κ3) is 29.7. The molecule has 0 radical (unpaired) electrons. The summed E-state index contributed by atoms with van der Waals surface area (Å²) in [6, 6.07) is -1.14. The van der Waals surface area contributed by atoms with E-state index in [1.54, 1.807) is 0 Å². The van der Waals surface area contributed by atoms with Crippen LogP contribution in [0.3, 0.4) is 0 Å². The van der Waals surface area contributed by atoms with Gasteiger partial charge >= 0.3 is 0 Å². The smallest absolute Gasteiger partial charge is 0.266 e. The molecule has 0 fully saturated rings. The number of hydrogen-bond donors (Lipinski definition) is 4. The van der Waals surface area contributed by atoms with Gasteiger partial charge in [0.1, 0.15) is 6.10 Å². The third-order valence-electron chi connectivity index (χ3n) is 8.58. The van der Waals surface area contributed by atoms with Crippen molar-refractivity contribution < 1.29 is 28.0 Å². The molecule has 0 heterocycles. The lowest BCUT2D eigenvalue weighted by Crippen LogP contribution is -2.50. The van der Waals surface area contributed by atoms with Gasteiger partial charge in [-0.15, -0.1) is 0 Å². The van der Waals surface area contributed by atoms with E-state index in [1.165, 1.54) is 103 Å². The van der Waals surface area contributed by atoms with Gasteiger partial charge in [0.25, 0.3) is 10.1 Å². The molecule has 7 nitrogen and oxygen atoms in total. The molecule has 0 aliphatic heterocycles. The Balaban J connectivity index is 3.95. The highest BCUT2D eigenvalue weighted by atomic mass is 32.2. The number of hydrogen-bond acceptors (Lipinski definition) is 5. The predicted molar refractivity (Wildman–Crippen MR) is 186 cm³/mol. The summed E-state index contributed by atoms with van der Waals surface area (Å²) in [5.74, 6) is -1.46. The Kier molecular flexibility index (Phi) is 30.0. The average Bonchev–Trinajstić information content (AvgIpc) is 2.98. The van der Waals surface area contributed by atoms with Crippen LogP contribution in [-0.4, -0.2) is 53.1 Å². The molecule has 8 heteroatoms. The number of allylic oxidation sites excluding steroid dienone is 2. The lowest BCUT2D eigenvalue weighted by atomic mass is 10.0. The molecule has 0 aromatic heterocycles. The molecule has 3 atom stereocenters. The third-order valence-corrected chi connectivity index (χ3v) is 9.36. The van der Waals surface area contributed by atoms with E-state index in [0.29, 0.717) is 25.7 Å². The summed E-state index contributed by atoms with van der Waals surface area (Å²) >= 11 is 0. The number of amides is 1. The summed E-state index contributed by atoms with van der Waals surface area (Å²) in [6.45, 7) is 4.45. The highest BCUT2D eigenvalue weighted by Gasteiger charge is 2.28. The van der Waals surface area contributed by atoms with Gasteiger partial charge in [-0.25, -0.2) is 0 Å². The standard InChI is InChI=1S/C36H71NO6S/c1-3-5-7-9-11-13-14-15-16-17-18-19-20-21-22-23-25-27-29-31-35(39)36(40)37-33(32-44(41,42)43)34(38)30-28-26-24-12-10-8-6-4-2/h18-19,33-35,38-39H,3-17,20-32H2,1-2H3,(H,37,40)(H,41,42,43)/b19-18-. The van der Waals surface area contributed by atoms with Crippen LogP contribution in [-0.2, 0) is 14.9 Å². The largest absolute Gasteiger partial charge is 0.391 e. The minimum Gasteiger partial charge on any atom is -0.391 e. The molecule has 44 heavy (non-hydrogen) atoms. The summed E-state index contributed by atoms with van der Waals surface area (Å²) in [5, 5.41) is 23.3. The van der Waals surface area contributed by atoms with Crippen LogP contribution in [0, 0.1) is 0 Å². The summed E-state index contributed by atoms with van der Waals surface area (Å²) in [7, 11) is -4.40. The second-order valence-corrected chi connectivity index (χ2v) is 14.5. The molecule has 262 valence electrons. The Morgan fingerprint density at radius 3 is 1.36 bits per heavy atom. The summed E-state index contributed by atoms with van der Waals surface area (Å²) < 4.78 is 32.3. The van der Waals surface area contributed by atoms with E-state index in [0.717, 1.165) is 44.9 Å². The van der Waals surface area contributed by atoms with Crippen molar-refractivity contribution in [2.24, 2.45) is 0 Å². The Morgan fingerprint density at radius 2 is 0.955 bits per heavy atom. The van der Waals surface area contributed by atoms with Crippen molar-refractivity contribution in [3.05, 3.63) is 12.2 Å². The molecule has 1 amide bonds. The first-order valence-corrected chi connectivity index (χ1v) is 20.1. The van der Waals surface area contributed by atoms with Gasteiger partial charge in [-0.2, -0.15) is 8.42 Å². The van der Waals surface area contributed by atoms with E-state index < -0.39 is 40.0 Å². The fourth-order valence-electron chi connectivity index (χ4n) is 5.69. The van der Waals surface area contributed by atoms with Gasteiger partial charge in [-0.3, -0.25) is 9.35 Å². The number of rotatable bonds is 33. The van der Waals surface area contributed by atoms with Crippen molar-refractivity contribution in [1.29, 1.82) is 0 Å². The maximum absolute atomic E-state index is 12.5. The highest BCUT2D eigenvalue weighted by molar-refractivity contribution is 7.85. The molecule has 0 saturated carbocycles. The van der Waals surface area contributed by atoms with Crippen LogP contribution >= 0.6 is 0 Å². The Bertz CT molecular complexity index is 773. The number of aliphatic hydroxyl groups is 2. The summed E-state index contributed by atoms with van der Waals surface area (Å²) in [4.78, 5) is 12.5. The highest BCUT2D eigenvalue weighted by Crippen LogP contribution is 2.15. The monoisotopic (exact) mass is 646 g/mol. The fourth-order valence-corrected chi connectivity index (χ4v) is 6.45. The zero-order valence-electron chi connectivity index (χ0n) is 28.7. The lowest BCUT2D eigenvalue weighted by molar-refractivity contribution is -0.131. The molecule has 0 aromatic rings. The molecule has 0 aromatic carbocycles. The van der Waals surface area contributed by atoms with Crippen LogP contribution in [0.4, 0.5) is 0 Å². The molecule has 0 bridgehead atoms. The van der Waals surface area contributed by atoms with Crippen LogP contribution in [0.25, 0.3) is 0 Å². The van der Waals surface area contributed by atoms with E-state index in [9.17, 15) is 28.0 Å². The van der Waals surface area contributed by atoms with Crippen molar-refractivity contribution in [3.8, 4) is 0 Å². The first kappa shape index (κ1) is 43.0. The van der Waals surface area contributed by atoms with Gasteiger partial charge in [0.05, 0.1) is 17.9 Å². The Morgan fingerprint density at radius 1 is 0.591 bits per heavy atom. The van der Waals surface area contributed by atoms with Crippen molar-refractivity contribution in [2.45, 2.75) is 205 Å². The minimum absolute atomic E-state index is 0.292. The Labute approximate surface area is 272 Å². The molecule has 0 saturated heterocycles. The van der Waals surface area contributed by atoms with Gasteiger partial charge in [-0.1, -0.05) is 161 Å². The lowest BCUT2D eigenvalue weighted by Gasteiger charge is -2.24. The predicted octanol–water partition coefficient (Wildman–Crippen LogP) is 9.21. The van der Waals surface area contributed by atoms with Crippen LogP contribution in [0.5, 0.6) is 0 Å². The number of unbranched alkanes of at least 4 members (excludes halogenated alkanes) is 22. The van der Waals surface area contributed by atoms with Crippen LogP contribution < -0.4 is 5.32 Å². The maximum atomic E-state index is 12.5. The summed E-state index contributed by atoms with van der Waals surface area (Å²) in [6.07, 6.45) is 32.5.